The third-order valence-corrected chi connectivity index (χ3v) is 2.16. The second-order valence-corrected chi connectivity index (χ2v) is 3.55. The van der Waals surface area contributed by atoms with Gasteiger partial charge < -0.3 is 10.5 Å². The number of nitrogens with two attached hydrogens (primary N) is 1. The zero-order valence-corrected chi connectivity index (χ0v) is 8.33. The Morgan fingerprint density at radius 3 is 2.17 bits per heavy atom. The van der Waals surface area contributed by atoms with Gasteiger partial charge in [-0.1, -0.05) is 13.8 Å². The van der Waals surface area contributed by atoms with Crippen molar-refractivity contribution < 1.29 is 9.53 Å². The highest BCUT2D eigenvalue weighted by molar-refractivity contribution is 5.69. The van der Waals surface area contributed by atoms with Crippen LogP contribution in [0.25, 0.3) is 0 Å². The molecule has 0 fully saturated rings. The summed E-state index contributed by atoms with van der Waals surface area (Å²) in [4.78, 5) is 11.0. The van der Waals surface area contributed by atoms with E-state index < -0.39 is 0 Å². The van der Waals surface area contributed by atoms with E-state index in [1.165, 1.54) is 7.11 Å². The number of methoxy groups -OCH3 is 1. The second kappa shape index (κ2) is 5.14. The van der Waals surface area contributed by atoms with Crippen LogP contribution < -0.4 is 5.73 Å². The maximum absolute atomic E-state index is 11.0. The minimum absolute atomic E-state index is 0.0455. The lowest BCUT2D eigenvalue weighted by Crippen LogP contribution is -2.32. The van der Waals surface area contributed by atoms with Crippen molar-refractivity contribution >= 4 is 5.97 Å². The second-order valence-electron chi connectivity index (χ2n) is 3.55. The summed E-state index contributed by atoms with van der Waals surface area (Å²) in [5, 5.41) is 0. The van der Waals surface area contributed by atoms with Crippen LogP contribution in [0.3, 0.4) is 0 Å². The van der Waals surface area contributed by atoms with Gasteiger partial charge in [-0.25, -0.2) is 0 Å². The molecular weight excluding hydrogens is 154 g/mol. The highest BCUT2D eigenvalue weighted by atomic mass is 16.5. The molecule has 0 aromatic carbocycles. The zero-order valence-electron chi connectivity index (χ0n) is 8.33. The van der Waals surface area contributed by atoms with Gasteiger partial charge in [-0.2, -0.15) is 0 Å². The van der Waals surface area contributed by atoms with E-state index in [2.05, 4.69) is 18.6 Å². The first-order valence-electron chi connectivity index (χ1n) is 4.31. The predicted octanol–water partition coefficient (Wildman–Crippen LogP) is 1.17. The average molecular weight is 173 g/mol. The lowest BCUT2D eigenvalue weighted by molar-refractivity contribution is -0.142. The molecular formula is C9H19NO2. The SMILES string of the molecule is COC(=O)CC(C(C)C)C(C)N. The van der Waals surface area contributed by atoms with Crippen LogP contribution in [0, 0.1) is 11.8 Å². The highest BCUT2D eigenvalue weighted by Crippen LogP contribution is 2.18. The van der Waals surface area contributed by atoms with E-state index in [1.54, 1.807) is 0 Å². The first kappa shape index (κ1) is 11.4. The van der Waals surface area contributed by atoms with Crippen molar-refractivity contribution in [3.05, 3.63) is 0 Å². The van der Waals surface area contributed by atoms with E-state index in [0.717, 1.165) is 0 Å². The van der Waals surface area contributed by atoms with Crippen molar-refractivity contribution in [2.45, 2.75) is 33.2 Å². The van der Waals surface area contributed by atoms with Crippen LogP contribution in [-0.4, -0.2) is 19.1 Å². The van der Waals surface area contributed by atoms with E-state index >= 15 is 0 Å². The Labute approximate surface area is 74.3 Å². The number of ether oxygens (including phenoxy) is 1. The van der Waals surface area contributed by atoms with Gasteiger partial charge in [-0.15, -0.1) is 0 Å². The lowest BCUT2D eigenvalue weighted by atomic mass is 9.87. The zero-order chi connectivity index (χ0) is 9.72. The van der Waals surface area contributed by atoms with Gasteiger partial charge in [0.25, 0.3) is 0 Å². The van der Waals surface area contributed by atoms with Crippen molar-refractivity contribution in [2.24, 2.45) is 17.6 Å². The molecule has 0 bridgehead atoms. The first-order valence-corrected chi connectivity index (χ1v) is 4.31. The van der Waals surface area contributed by atoms with Crippen LogP contribution in [0.4, 0.5) is 0 Å². The maximum Gasteiger partial charge on any atom is 0.305 e. The van der Waals surface area contributed by atoms with Crippen LogP contribution in [0.15, 0.2) is 0 Å². The molecule has 2 unspecified atom stereocenters. The molecule has 0 aliphatic carbocycles. The normalized spacial score (nSPS) is 15.8. The molecule has 0 saturated heterocycles. The summed E-state index contributed by atoms with van der Waals surface area (Å²) >= 11 is 0. The molecule has 3 nitrogen and oxygen atoms in total. The molecule has 0 rings (SSSR count). The molecule has 0 spiro atoms. The quantitative estimate of drug-likeness (QED) is 0.649. The van der Waals surface area contributed by atoms with Crippen molar-refractivity contribution in [1.82, 2.24) is 0 Å². The molecule has 0 aliphatic rings. The molecule has 3 heteroatoms. The molecule has 0 aliphatic heterocycles. The van der Waals surface area contributed by atoms with Crippen LogP contribution in [0.5, 0.6) is 0 Å². The Bertz CT molecular complexity index is 135. The largest absolute Gasteiger partial charge is 0.469 e. The maximum atomic E-state index is 11.0. The van der Waals surface area contributed by atoms with Crippen LogP contribution in [0.2, 0.25) is 0 Å². The van der Waals surface area contributed by atoms with Gasteiger partial charge >= 0.3 is 5.97 Å². The van der Waals surface area contributed by atoms with Crippen molar-refractivity contribution in [3.8, 4) is 0 Å². The van der Waals surface area contributed by atoms with Crippen LogP contribution >= 0.6 is 0 Å². The van der Waals surface area contributed by atoms with Gasteiger partial charge in [0.1, 0.15) is 0 Å². The number of rotatable bonds is 4. The number of carbonyl (C=O) groups is 1. The Kier molecular flexibility index (Phi) is 4.90. The average Bonchev–Trinajstić information content (AvgIpc) is 1.98. The van der Waals surface area contributed by atoms with Gasteiger partial charge in [0.2, 0.25) is 0 Å². The molecule has 2 atom stereocenters. The topological polar surface area (TPSA) is 52.3 Å². The van der Waals surface area contributed by atoms with Crippen molar-refractivity contribution in [2.75, 3.05) is 7.11 Å². The predicted molar refractivity (Wildman–Crippen MR) is 48.6 cm³/mol. The Morgan fingerprint density at radius 2 is 1.92 bits per heavy atom. The Balaban J connectivity index is 4.05. The van der Waals surface area contributed by atoms with E-state index in [9.17, 15) is 4.79 Å². The van der Waals surface area contributed by atoms with Crippen LogP contribution in [0.1, 0.15) is 27.2 Å². The number of carbonyl (C=O) groups excluding carboxylic acids is 1. The summed E-state index contributed by atoms with van der Waals surface area (Å²) in [6.07, 6.45) is 0.422. The fraction of sp³-hybridized carbons (Fsp3) is 0.889. The highest BCUT2D eigenvalue weighted by Gasteiger charge is 2.21. The van der Waals surface area contributed by atoms with Gasteiger partial charge in [0.05, 0.1) is 13.5 Å². The summed E-state index contributed by atoms with van der Waals surface area (Å²) in [5.74, 6) is 0.465. The van der Waals surface area contributed by atoms with Gasteiger partial charge in [0, 0.05) is 6.04 Å². The smallest absolute Gasteiger partial charge is 0.305 e. The fourth-order valence-corrected chi connectivity index (χ4v) is 1.30. The van der Waals surface area contributed by atoms with Gasteiger partial charge in [-0.3, -0.25) is 4.79 Å². The molecule has 0 saturated carbocycles. The standard InChI is InChI=1S/C9H19NO2/c1-6(2)8(7(3)10)5-9(11)12-4/h6-8H,5,10H2,1-4H3. The minimum atomic E-state index is -0.175. The molecule has 0 aromatic rings. The van der Waals surface area contributed by atoms with E-state index in [0.29, 0.717) is 12.3 Å². The third-order valence-electron chi connectivity index (χ3n) is 2.16. The first-order chi connectivity index (χ1) is 5.49. The van der Waals surface area contributed by atoms with Crippen LogP contribution in [-0.2, 0) is 9.53 Å². The Hall–Kier alpha value is -0.570. The summed E-state index contributed by atoms with van der Waals surface area (Å²) in [6.45, 7) is 6.06. The van der Waals surface area contributed by atoms with E-state index in [4.69, 9.17) is 5.73 Å². The summed E-state index contributed by atoms with van der Waals surface area (Å²) in [7, 11) is 1.40. The van der Waals surface area contributed by atoms with E-state index in [1.807, 2.05) is 6.92 Å². The molecule has 0 radical (unpaired) electrons. The summed E-state index contributed by atoms with van der Waals surface area (Å²) in [5.41, 5.74) is 5.73. The number of hydrogen-bond acceptors (Lipinski definition) is 3. The summed E-state index contributed by atoms with van der Waals surface area (Å²) < 4.78 is 4.59. The molecule has 0 heterocycles. The lowest BCUT2D eigenvalue weighted by Gasteiger charge is -2.23. The molecule has 0 aromatic heterocycles. The van der Waals surface area contributed by atoms with Crippen molar-refractivity contribution in [1.29, 1.82) is 0 Å². The number of esters is 1. The third kappa shape index (κ3) is 3.72. The van der Waals surface area contributed by atoms with E-state index in [-0.39, 0.29) is 17.9 Å². The minimum Gasteiger partial charge on any atom is -0.469 e. The number of hydrogen-bond donors (Lipinski definition) is 1. The molecule has 2 N–H and O–H groups in total. The summed E-state index contributed by atoms with van der Waals surface area (Å²) in [6, 6.07) is 0.0455. The monoisotopic (exact) mass is 173 g/mol. The van der Waals surface area contributed by atoms with Crippen molar-refractivity contribution in [3.63, 3.8) is 0 Å². The van der Waals surface area contributed by atoms with Gasteiger partial charge in [-0.05, 0) is 18.8 Å². The molecule has 12 heavy (non-hydrogen) atoms. The van der Waals surface area contributed by atoms with Gasteiger partial charge in [0.15, 0.2) is 0 Å². The molecule has 72 valence electrons. The Morgan fingerprint density at radius 1 is 1.42 bits per heavy atom. The fourth-order valence-electron chi connectivity index (χ4n) is 1.30. The molecule has 0 amide bonds.